The van der Waals surface area contributed by atoms with Gasteiger partial charge in [0.05, 0.1) is 29.8 Å². The smallest absolute Gasteiger partial charge is 0.330 e. The fourth-order valence-corrected chi connectivity index (χ4v) is 4.49. The fourth-order valence-electron chi connectivity index (χ4n) is 2.76. The zero-order valence-electron chi connectivity index (χ0n) is 11.9. The van der Waals surface area contributed by atoms with E-state index in [1.54, 1.807) is 0 Å². The van der Waals surface area contributed by atoms with Gasteiger partial charge in [0.2, 0.25) is 0 Å². The highest BCUT2D eigenvalue weighted by Gasteiger charge is 2.41. The maximum absolute atomic E-state index is 13.0. The number of nitrogens with zero attached hydrogens (tertiary/aromatic N) is 2. The molecule has 0 amide bonds. The van der Waals surface area contributed by atoms with Gasteiger partial charge in [-0.25, -0.2) is 4.31 Å². The molecule has 0 spiro atoms. The summed E-state index contributed by atoms with van der Waals surface area (Å²) in [4.78, 5) is 0. The van der Waals surface area contributed by atoms with Crippen molar-refractivity contribution in [2.45, 2.75) is 12.5 Å². The molecule has 0 aliphatic carbocycles. The Morgan fingerprint density at radius 2 is 1.64 bits per heavy atom. The van der Waals surface area contributed by atoms with Crippen molar-refractivity contribution >= 4 is 27.3 Å². The third kappa shape index (κ3) is 2.15. The zero-order chi connectivity index (χ0) is 15.2. The minimum absolute atomic E-state index is 0.202. The van der Waals surface area contributed by atoms with Gasteiger partial charge in [-0.15, -0.1) is 0 Å². The van der Waals surface area contributed by atoms with Crippen LogP contribution >= 0.6 is 0 Å². The molecule has 2 aliphatic rings. The van der Waals surface area contributed by atoms with E-state index in [-0.39, 0.29) is 6.10 Å². The molecule has 2 aromatic rings. The molecule has 22 heavy (non-hydrogen) atoms. The average Bonchev–Trinajstić information content (AvgIpc) is 3.30. The summed E-state index contributed by atoms with van der Waals surface area (Å²) in [6, 6.07) is 16.6. The topological polar surface area (TPSA) is 53.2 Å². The molecular formula is C16H16N2O3S. The van der Waals surface area contributed by atoms with Crippen molar-refractivity contribution in [2.75, 3.05) is 21.8 Å². The largest absolute Gasteiger partial charge is 0.373 e. The molecule has 0 N–H and O–H groups in total. The summed E-state index contributed by atoms with van der Waals surface area (Å²) in [7, 11) is -3.60. The lowest BCUT2D eigenvalue weighted by Crippen LogP contribution is -2.36. The zero-order valence-corrected chi connectivity index (χ0v) is 12.7. The molecule has 1 atom stereocenters. The van der Waals surface area contributed by atoms with E-state index < -0.39 is 10.2 Å². The third-order valence-electron chi connectivity index (χ3n) is 3.93. The summed E-state index contributed by atoms with van der Waals surface area (Å²) in [5.74, 6) is 0. The summed E-state index contributed by atoms with van der Waals surface area (Å²) >= 11 is 0. The second-order valence-corrected chi connectivity index (χ2v) is 7.11. The van der Waals surface area contributed by atoms with E-state index in [0.717, 1.165) is 18.7 Å². The van der Waals surface area contributed by atoms with Gasteiger partial charge < -0.3 is 4.74 Å². The molecule has 4 rings (SSSR count). The molecule has 6 heteroatoms. The molecule has 5 nitrogen and oxygen atoms in total. The molecule has 1 saturated heterocycles. The average molecular weight is 316 g/mol. The SMILES string of the molecule is O=S1(=O)N(CC[C@@H]2CO2)c2ccccc2N1c1ccccc1. The van der Waals surface area contributed by atoms with Crippen LogP contribution in [0, 0.1) is 0 Å². The van der Waals surface area contributed by atoms with Crippen LogP contribution in [0.4, 0.5) is 17.1 Å². The van der Waals surface area contributed by atoms with Gasteiger partial charge in [0, 0.05) is 6.54 Å². The van der Waals surface area contributed by atoms with Crippen LogP contribution in [-0.4, -0.2) is 27.7 Å². The van der Waals surface area contributed by atoms with Crippen LogP contribution < -0.4 is 8.61 Å². The second kappa shape index (κ2) is 5.00. The highest BCUT2D eigenvalue weighted by Crippen LogP contribution is 2.45. The molecule has 2 aromatic carbocycles. The van der Waals surface area contributed by atoms with Gasteiger partial charge in [-0.05, 0) is 30.7 Å². The van der Waals surface area contributed by atoms with Crippen molar-refractivity contribution in [3.8, 4) is 0 Å². The van der Waals surface area contributed by atoms with E-state index in [4.69, 9.17) is 4.74 Å². The number of epoxide rings is 1. The standard InChI is InChI=1S/C16H16N2O3S/c19-22(20)17(11-10-14-12-21-14)15-8-4-5-9-16(15)18(22)13-6-2-1-3-7-13/h1-9,14H,10-12H2/t14-/m1/s1. The first-order chi connectivity index (χ1) is 10.7. The number of para-hydroxylation sites is 3. The quantitative estimate of drug-likeness (QED) is 0.815. The minimum Gasteiger partial charge on any atom is -0.373 e. The Hall–Kier alpha value is -2.05. The number of benzene rings is 2. The van der Waals surface area contributed by atoms with Crippen LogP contribution in [0.15, 0.2) is 54.6 Å². The highest BCUT2D eigenvalue weighted by atomic mass is 32.2. The summed E-state index contributed by atoms with van der Waals surface area (Å²) < 4.78 is 34.1. The van der Waals surface area contributed by atoms with Crippen molar-refractivity contribution < 1.29 is 13.2 Å². The van der Waals surface area contributed by atoms with Gasteiger partial charge in [-0.1, -0.05) is 30.3 Å². The van der Waals surface area contributed by atoms with Crippen LogP contribution in [0.5, 0.6) is 0 Å². The first kappa shape index (κ1) is 13.6. The van der Waals surface area contributed by atoms with Gasteiger partial charge in [0.1, 0.15) is 0 Å². The van der Waals surface area contributed by atoms with E-state index in [2.05, 4.69) is 0 Å². The Morgan fingerprint density at radius 3 is 2.32 bits per heavy atom. The Kier molecular flexibility index (Phi) is 3.09. The van der Waals surface area contributed by atoms with E-state index in [1.807, 2.05) is 54.6 Å². The molecule has 1 fully saturated rings. The Morgan fingerprint density at radius 1 is 1.00 bits per heavy atom. The third-order valence-corrected chi connectivity index (χ3v) is 5.73. The predicted octanol–water partition coefficient (Wildman–Crippen LogP) is 2.68. The summed E-state index contributed by atoms with van der Waals surface area (Å²) in [6.07, 6.45) is 0.920. The van der Waals surface area contributed by atoms with E-state index >= 15 is 0 Å². The summed E-state index contributed by atoms with van der Waals surface area (Å²) in [6.45, 7) is 1.17. The van der Waals surface area contributed by atoms with Crippen molar-refractivity contribution in [1.82, 2.24) is 0 Å². The van der Waals surface area contributed by atoms with Gasteiger partial charge >= 0.3 is 10.2 Å². The van der Waals surface area contributed by atoms with Gasteiger partial charge in [0.25, 0.3) is 0 Å². The molecule has 0 aromatic heterocycles. The number of hydrogen-bond acceptors (Lipinski definition) is 3. The van der Waals surface area contributed by atoms with Crippen molar-refractivity contribution in [1.29, 1.82) is 0 Å². The molecule has 2 heterocycles. The lowest BCUT2D eigenvalue weighted by atomic mass is 10.2. The number of hydrogen-bond donors (Lipinski definition) is 0. The van der Waals surface area contributed by atoms with Crippen molar-refractivity contribution in [3.05, 3.63) is 54.6 Å². The first-order valence-electron chi connectivity index (χ1n) is 7.26. The number of rotatable bonds is 4. The van der Waals surface area contributed by atoms with Crippen molar-refractivity contribution in [2.24, 2.45) is 0 Å². The molecule has 114 valence electrons. The van der Waals surface area contributed by atoms with Crippen LogP contribution in [0.2, 0.25) is 0 Å². The van der Waals surface area contributed by atoms with Crippen molar-refractivity contribution in [3.63, 3.8) is 0 Å². The monoisotopic (exact) mass is 316 g/mol. The maximum atomic E-state index is 13.0. The molecule has 2 aliphatic heterocycles. The molecule has 0 saturated carbocycles. The highest BCUT2D eigenvalue weighted by molar-refractivity contribution is 7.95. The van der Waals surface area contributed by atoms with Crippen LogP contribution in [0.1, 0.15) is 6.42 Å². The number of fused-ring (bicyclic) bond motifs is 1. The molecule has 0 radical (unpaired) electrons. The Balaban J connectivity index is 1.78. The normalized spacial score (nSPS) is 21.7. The molecule has 0 unspecified atom stereocenters. The Labute approximate surface area is 129 Å². The van der Waals surface area contributed by atoms with Crippen LogP contribution in [0.3, 0.4) is 0 Å². The number of ether oxygens (including phenoxy) is 1. The molecule has 0 bridgehead atoms. The van der Waals surface area contributed by atoms with Crippen LogP contribution in [0.25, 0.3) is 0 Å². The van der Waals surface area contributed by atoms with Gasteiger partial charge in [0.15, 0.2) is 0 Å². The Bertz CT molecular complexity index is 788. The van der Waals surface area contributed by atoms with Crippen LogP contribution in [-0.2, 0) is 14.9 Å². The minimum atomic E-state index is -3.60. The second-order valence-electron chi connectivity index (χ2n) is 5.41. The predicted molar refractivity (Wildman–Crippen MR) is 85.6 cm³/mol. The number of anilines is 3. The fraction of sp³-hybridized carbons (Fsp3) is 0.250. The van der Waals surface area contributed by atoms with E-state index in [1.165, 1.54) is 8.61 Å². The van der Waals surface area contributed by atoms with E-state index in [0.29, 0.717) is 17.9 Å². The maximum Gasteiger partial charge on any atom is 0.330 e. The van der Waals surface area contributed by atoms with Gasteiger partial charge in [-0.3, -0.25) is 4.31 Å². The lowest BCUT2D eigenvalue weighted by Gasteiger charge is -2.21. The summed E-state index contributed by atoms with van der Waals surface area (Å²) in [5.41, 5.74) is 2.08. The summed E-state index contributed by atoms with van der Waals surface area (Å²) in [5, 5.41) is 0. The molecular weight excluding hydrogens is 300 g/mol. The lowest BCUT2D eigenvalue weighted by molar-refractivity contribution is 0.399. The van der Waals surface area contributed by atoms with Gasteiger partial charge in [-0.2, -0.15) is 8.42 Å². The van der Waals surface area contributed by atoms with E-state index in [9.17, 15) is 8.42 Å². The first-order valence-corrected chi connectivity index (χ1v) is 8.66.